The van der Waals surface area contributed by atoms with Gasteiger partial charge in [-0.2, -0.15) is 0 Å². The zero-order valence-corrected chi connectivity index (χ0v) is 5.13. The summed E-state index contributed by atoms with van der Waals surface area (Å²) < 4.78 is 0. The zero-order valence-electron chi connectivity index (χ0n) is 5.13. The van der Waals surface area contributed by atoms with Crippen molar-refractivity contribution in [2.24, 2.45) is 22.9 Å². The molecule has 0 spiro atoms. The smallest absolute Gasteiger partial charge is 0.266 e. The minimum Gasteiger partial charge on any atom is -0.392 e. The lowest BCUT2D eigenvalue weighted by Gasteiger charge is -1.97. The fourth-order valence-corrected chi connectivity index (χ4v) is 0.265. The quantitative estimate of drug-likeness (QED) is 0.308. The molecule has 2 amide bonds. The third kappa shape index (κ3) is 1.66. The number of hydrogen-bond acceptors (Lipinski definition) is 4. The van der Waals surface area contributed by atoms with E-state index in [1.165, 1.54) is 0 Å². The normalized spacial score (nSPS) is 12.0. The number of carbonyl (C=O) groups is 2. The summed E-state index contributed by atoms with van der Waals surface area (Å²) in [5.41, 5.74) is 18.2. The molecule has 0 radical (unpaired) electrons. The highest BCUT2D eigenvalue weighted by molar-refractivity contribution is 6.02. The molecule has 0 aliphatic rings. The van der Waals surface area contributed by atoms with E-state index in [2.05, 4.69) is 11.5 Å². The summed E-state index contributed by atoms with van der Waals surface area (Å²) in [6, 6.07) is 0. The third-order valence-electron chi connectivity index (χ3n) is 0.821. The molecule has 0 saturated heterocycles. The maximum Gasteiger partial charge on any atom is 0.266 e. The van der Waals surface area contributed by atoms with Crippen LogP contribution < -0.4 is 22.9 Å². The van der Waals surface area contributed by atoms with Crippen LogP contribution in [0, 0.1) is 0 Å². The van der Waals surface area contributed by atoms with Crippen LogP contribution in [-0.4, -0.2) is 11.8 Å². The summed E-state index contributed by atoms with van der Waals surface area (Å²) in [6.45, 7) is 0. The first-order valence-electron chi connectivity index (χ1n) is 2.31. The second-order valence-electron chi connectivity index (χ2n) is 1.56. The fraction of sp³-hybridized carbons (Fsp3) is 0. The molecule has 6 nitrogen and oxygen atoms in total. The molecule has 0 aromatic carbocycles. The first kappa shape index (κ1) is 8.28. The summed E-state index contributed by atoms with van der Waals surface area (Å²) in [5.74, 6) is -1.92. The van der Waals surface area contributed by atoms with Crippen molar-refractivity contribution in [1.29, 1.82) is 0 Å². The molecule has 8 N–H and O–H groups in total. The summed E-state index contributed by atoms with van der Waals surface area (Å²) >= 11 is 0. The molecule has 0 aromatic rings. The second-order valence-corrected chi connectivity index (χ2v) is 1.56. The molecule has 0 saturated carbocycles. The van der Waals surface area contributed by atoms with Gasteiger partial charge in [-0.25, -0.2) is 0 Å². The first-order valence-corrected chi connectivity index (χ1v) is 2.31. The number of hydrogen-bond donors (Lipinski definition) is 4. The van der Waals surface area contributed by atoms with E-state index in [0.717, 1.165) is 0 Å². The first-order chi connectivity index (χ1) is 4.46. The SMILES string of the molecule is NC(=O)C(N)=C(N)C(N)=O. The van der Waals surface area contributed by atoms with Gasteiger partial charge in [0.25, 0.3) is 11.8 Å². The fourth-order valence-electron chi connectivity index (χ4n) is 0.265. The molecule has 0 bridgehead atoms. The van der Waals surface area contributed by atoms with Crippen molar-refractivity contribution in [3.63, 3.8) is 0 Å². The molecule has 0 aromatic heterocycles. The topological polar surface area (TPSA) is 138 Å². The highest BCUT2D eigenvalue weighted by Crippen LogP contribution is 1.86. The van der Waals surface area contributed by atoms with Gasteiger partial charge >= 0.3 is 0 Å². The van der Waals surface area contributed by atoms with E-state index in [0.29, 0.717) is 0 Å². The predicted octanol–water partition coefficient (Wildman–Crippen LogP) is -2.91. The summed E-state index contributed by atoms with van der Waals surface area (Å²) in [7, 11) is 0. The molecule has 6 heteroatoms. The Kier molecular flexibility index (Phi) is 2.25. The highest BCUT2D eigenvalue weighted by Gasteiger charge is 2.08. The molecular formula is C4H8N4O2. The minimum atomic E-state index is -0.962. The molecule has 0 heterocycles. The summed E-state index contributed by atoms with van der Waals surface area (Å²) in [4.78, 5) is 20.4. The maximum absolute atomic E-state index is 10.2. The van der Waals surface area contributed by atoms with Crippen molar-refractivity contribution in [3.8, 4) is 0 Å². The van der Waals surface area contributed by atoms with Gasteiger partial charge in [-0.3, -0.25) is 9.59 Å². The van der Waals surface area contributed by atoms with E-state index in [1.807, 2.05) is 0 Å². The van der Waals surface area contributed by atoms with Gasteiger partial charge in [0.15, 0.2) is 0 Å². The molecule has 0 aliphatic heterocycles. The van der Waals surface area contributed by atoms with Crippen molar-refractivity contribution >= 4 is 11.8 Å². The molecule has 0 rings (SSSR count). The Hall–Kier alpha value is -1.72. The van der Waals surface area contributed by atoms with Crippen molar-refractivity contribution in [2.75, 3.05) is 0 Å². The Balaban J connectivity index is 4.67. The molecule has 56 valence electrons. The number of carbonyl (C=O) groups excluding carboxylic acids is 2. The van der Waals surface area contributed by atoms with Crippen molar-refractivity contribution in [1.82, 2.24) is 0 Å². The number of amides is 2. The van der Waals surface area contributed by atoms with Gasteiger partial charge in [-0.05, 0) is 0 Å². The molecule has 0 fully saturated rings. The van der Waals surface area contributed by atoms with Crippen LogP contribution in [0.2, 0.25) is 0 Å². The van der Waals surface area contributed by atoms with E-state index in [4.69, 9.17) is 11.5 Å². The van der Waals surface area contributed by atoms with Crippen LogP contribution in [-0.2, 0) is 9.59 Å². The van der Waals surface area contributed by atoms with E-state index in [-0.39, 0.29) is 0 Å². The van der Waals surface area contributed by atoms with E-state index in [1.54, 1.807) is 0 Å². The van der Waals surface area contributed by atoms with Crippen LogP contribution in [0.4, 0.5) is 0 Å². The van der Waals surface area contributed by atoms with Crippen molar-refractivity contribution in [2.45, 2.75) is 0 Å². The summed E-state index contributed by atoms with van der Waals surface area (Å²) in [6.07, 6.45) is 0. The Labute approximate surface area is 56.8 Å². The molecular weight excluding hydrogens is 136 g/mol. The Morgan fingerprint density at radius 3 is 1.00 bits per heavy atom. The van der Waals surface area contributed by atoms with Gasteiger partial charge in [0.2, 0.25) is 0 Å². The van der Waals surface area contributed by atoms with Crippen LogP contribution in [0.3, 0.4) is 0 Å². The maximum atomic E-state index is 10.2. The van der Waals surface area contributed by atoms with Gasteiger partial charge < -0.3 is 22.9 Å². The van der Waals surface area contributed by atoms with Crippen LogP contribution in [0.1, 0.15) is 0 Å². The lowest BCUT2D eigenvalue weighted by Crippen LogP contribution is -2.31. The van der Waals surface area contributed by atoms with Crippen LogP contribution in [0.5, 0.6) is 0 Å². The van der Waals surface area contributed by atoms with Crippen LogP contribution in [0.25, 0.3) is 0 Å². The van der Waals surface area contributed by atoms with Crippen LogP contribution >= 0.6 is 0 Å². The lowest BCUT2D eigenvalue weighted by atomic mass is 10.3. The number of primary amides is 2. The van der Waals surface area contributed by atoms with Gasteiger partial charge in [0, 0.05) is 0 Å². The predicted molar refractivity (Wildman–Crippen MR) is 33.8 cm³/mol. The Bertz CT molecular complexity index is 185. The van der Waals surface area contributed by atoms with E-state index >= 15 is 0 Å². The lowest BCUT2D eigenvalue weighted by molar-refractivity contribution is -0.117. The summed E-state index contributed by atoms with van der Waals surface area (Å²) in [5, 5.41) is 0. The molecule has 0 aliphatic carbocycles. The third-order valence-corrected chi connectivity index (χ3v) is 0.821. The average Bonchev–Trinajstić information content (AvgIpc) is 1.84. The number of nitrogens with two attached hydrogens (primary N) is 4. The highest BCUT2D eigenvalue weighted by atomic mass is 16.2. The minimum absolute atomic E-state index is 0.507. The average molecular weight is 144 g/mol. The Morgan fingerprint density at radius 1 is 0.700 bits per heavy atom. The van der Waals surface area contributed by atoms with Gasteiger partial charge in [-0.15, -0.1) is 0 Å². The molecule has 10 heavy (non-hydrogen) atoms. The van der Waals surface area contributed by atoms with Crippen LogP contribution in [0.15, 0.2) is 11.4 Å². The van der Waals surface area contributed by atoms with E-state index in [9.17, 15) is 9.59 Å². The largest absolute Gasteiger partial charge is 0.392 e. The van der Waals surface area contributed by atoms with Gasteiger partial charge in [0.1, 0.15) is 11.4 Å². The zero-order chi connectivity index (χ0) is 8.31. The van der Waals surface area contributed by atoms with Crippen molar-refractivity contribution < 1.29 is 9.59 Å². The number of rotatable bonds is 2. The van der Waals surface area contributed by atoms with Crippen molar-refractivity contribution in [3.05, 3.63) is 11.4 Å². The van der Waals surface area contributed by atoms with Gasteiger partial charge in [0.05, 0.1) is 0 Å². The van der Waals surface area contributed by atoms with Gasteiger partial charge in [-0.1, -0.05) is 0 Å². The molecule has 0 atom stereocenters. The standard InChI is InChI=1S/C4H8N4O2/c5-1(3(7)9)2(6)4(8)10/h5-6H2,(H2,7,9)(H2,8,10). The molecule has 0 unspecified atom stereocenters. The monoisotopic (exact) mass is 144 g/mol. The van der Waals surface area contributed by atoms with E-state index < -0.39 is 23.2 Å². The second kappa shape index (κ2) is 2.72. The Morgan fingerprint density at radius 2 is 0.900 bits per heavy atom.